The van der Waals surface area contributed by atoms with E-state index in [2.05, 4.69) is 5.32 Å². The number of hydrogen-bond acceptors (Lipinski definition) is 3. The molecule has 0 fully saturated rings. The number of rotatable bonds is 11. The summed E-state index contributed by atoms with van der Waals surface area (Å²) in [4.78, 5) is 29.9. The Labute approximate surface area is 207 Å². The van der Waals surface area contributed by atoms with Crippen molar-refractivity contribution in [2.24, 2.45) is 0 Å². The van der Waals surface area contributed by atoms with E-state index in [-0.39, 0.29) is 23.6 Å². The number of thioether (sulfide) groups is 1. The highest BCUT2D eigenvalue weighted by molar-refractivity contribution is 8.00. The third-order valence-electron chi connectivity index (χ3n) is 5.85. The summed E-state index contributed by atoms with van der Waals surface area (Å²) in [7, 11) is 0. The summed E-state index contributed by atoms with van der Waals surface area (Å²) in [5.41, 5.74) is 3.21. The van der Waals surface area contributed by atoms with Crippen LogP contribution < -0.4 is 5.32 Å². The molecular formula is C29H34N2O2S. The van der Waals surface area contributed by atoms with Crippen molar-refractivity contribution in [2.75, 3.05) is 5.75 Å². The van der Waals surface area contributed by atoms with Crippen molar-refractivity contribution in [1.82, 2.24) is 10.2 Å². The van der Waals surface area contributed by atoms with E-state index in [0.29, 0.717) is 13.0 Å². The van der Waals surface area contributed by atoms with Crippen molar-refractivity contribution >= 4 is 23.6 Å². The molecule has 1 N–H and O–H groups in total. The number of benzene rings is 3. The first-order valence-corrected chi connectivity index (χ1v) is 12.8. The second-order valence-electron chi connectivity index (χ2n) is 8.63. The Morgan fingerprint density at radius 3 is 2.12 bits per heavy atom. The molecule has 0 aliphatic rings. The van der Waals surface area contributed by atoms with Gasteiger partial charge in [0, 0.05) is 23.9 Å². The normalized spacial score (nSPS) is 12.6. The molecule has 0 bridgehead atoms. The lowest BCUT2D eigenvalue weighted by atomic mass is 10.0. The zero-order valence-electron chi connectivity index (χ0n) is 20.2. The quantitative estimate of drug-likeness (QED) is 0.366. The second-order valence-corrected chi connectivity index (χ2v) is 9.68. The number of carbonyl (C=O) groups is 2. The molecule has 34 heavy (non-hydrogen) atoms. The van der Waals surface area contributed by atoms with Gasteiger partial charge in [0.15, 0.2) is 0 Å². The average Bonchev–Trinajstić information content (AvgIpc) is 2.87. The van der Waals surface area contributed by atoms with Gasteiger partial charge in [-0.3, -0.25) is 9.59 Å². The maximum absolute atomic E-state index is 13.6. The van der Waals surface area contributed by atoms with Crippen LogP contribution in [0.1, 0.15) is 37.0 Å². The van der Waals surface area contributed by atoms with E-state index in [1.165, 1.54) is 11.8 Å². The van der Waals surface area contributed by atoms with E-state index in [1.807, 2.05) is 106 Å². The Bertz CT molecular complexity index is 1040. The van der Waals surface area contributed by atoms with Crippen molar-refractivity contribution in [3.63, 3.8) is 0 Å². The largest absolute Gasteiger partial charge is 0.352 e. The fourth-order valence-electron chi connectivity index (χ4n) is 3.63. The fourth-order valence-corrected chi connectivity index (χ4v) is 4.44. The maximum Gasteiger partial charge on any atom is 0.243 e. The van der Waals surface area contributed by atoms with Crippen LogP contribution in [0.25, 0.3) is 0 Å². The Hall–Kier alpha value is -3.05. The van der Waals surface area contributed by atoms with E-state index in [4.69, 9.17) is 0 Å². The van der Waals surface area contributed by atoms with Crippen molar-refractivity contribution in [3.8, 4) is 0 Å². The summed E-state index contributed by atoms with van der Waals surface area (Å²) in [6.45, 7) is 6.47. The van der Waals surface area contributed by atoms with Crippen molar-refractivity contribution in [3.05, 3.63) is 102 Å². The molecule has 0 aliphatic carbocycles. The number of hydrogen-bond donors (Lipinski definition) is 1. The minimum atomic E-state index is -0.596. The van der Waals surface area contributed by atoms with Gasteiger partial charge in [-0.15, -0.1) is 11.8 Å². The molecule has 3 aromatic rings. The molecule has 2 atom stereocenters. The molecule has 2 unspecified atom stereocenters. The number of nitrogens with one attached hydrogen (secondary N) is 1. The lowest BCUT2D eigenvalue weighted by molar-refractivity contribution is -0.139. The van der Waals surface area contributed by atoms with E-state index >= 15 is 0 Å². The average molecular weight is 475 g/mol. The van der Waals surface area contributed by atoms with Gasteiger partial charge in [0.05, 0.1) is 5.75 Å². The molecule has 3 aromatic carbocycles. The first-order valence-electron chi connectivity index (χ1n) is 11.8. The van der Waals surface area contributed by atoms with Crippen LogP contribution in [-0.2, 0) is 22.6 Å². The standard InChI is InChI=1S/C29H34N2O2S/c1-4-23(3)30-29(33)27(19-24-11-7-5-8-12-24)31(20-25-17-15-22(2)16-18-25)28(32)21-34-26-13-9-6-10-14-26/h5-18,23,27H,4,19-21H2,1-3H3,(H,30,33). The van der Waals surface area contributed by atoms with E-state index in [1.54, 1.807) is 4.90 Å². The maximum atomic E-state index is 13.6. The monoisotopic (exact) mass is 474 g/mol. The molecule has 5 heteroatoms. The number of nitrogens with zero attached hydrogens (tertiary/aromatic N) is 1. The van der Waals surface area contributed by atoms with Crippen LogP contribution in [0.15, 0.2) is 89.8 Å². The number of aryl methyl sites for hydroxylation is 1. The molecule has 0 saturated heterocycles. The van der Waals surface area contributed by atoms with Crippen molar-refractivity contribution in [2.45, 2.75) is 57.1 Å². The molecule has 0 aromatic heterocycles. The van der Waals surface area contributed by atoms with Crippen LogP contribution in [0, 0.1) is 6.92 Å². The summed E-state index contributed by atoms with van der Waals surface area (Å²) in [5, 5.41) is 3.11. The van der Waals surface area contributed by atoms with Crippen LogP contribution in [0.5, 0.6) is 0 Å². The van der Waals surface area contributed by atoms with Crippen LogP contribution in [-0.4, -0.2) is 34.6 Å². The second kappa shape index (κ2) is 13.0. The summed E-state index contributed by atoms with van der Waals surface area (Å²) in [6, 6.07) is 27.4. The third-order valence-corrected chi connectivity index (χ3v) is 6.85. The molecule has 0 radical (unpaired) electrons. The summed E-state index contributed by atoms with van der Waals surface area (Å²) < 4.78 is 0. The first kappa shape index (κ1) is 25.6. The van der Waals surface area contributed by atoms with Crippen molar-refractivity contribution in [1.29, 1.82) is 0 Å². The molecular weight excluding hydrogens is 440 g/mol. The Kier molecular flexibility index (Phi) is 9.77. The molecule has 0 saturated carbocycles. The van der Waals surface area contributed by atoms with Gasteiger partial charge < -0.3 is 10.2 Å². The highest BCUT2D eigenvalue weighted by Gasteiger charge is 2.30. The minimum Gasteiger partial charge on any atom is -0.352 e. The molecule has 3 rings (SSSR count). The van der Waals surface area contributed by atoms with Crippen molar-refractivity contribution < 1.29 is 9.59 Å². The number of amides is 2. The smallest absolute Gasteiger partial charge is 0.243 e. The molecule has 0 spiro atoms. The summed E-state index contributed by atoms with van der Waals surface area (Å²) in [6.07, 6.45) is 1.30. The van der Waals surface area contributed by atoms with Gasteiger partial charge >= 0.3 is 0 Å². The highest BCUT2D eigenvalue weighted by Crippen LogP contribution is 2.21. The lowest BCUT2D eigenvalue weighted by Crippen LogP contribution is -2.52. The Morgan fingerprint density at radius 2 is 1.50 bits per heavy atom. The first-order chi connectivity index (χ1) is 16.5. The van der Waals surface area contributed by atoms with Gasteiger partial charge in [0.1, 0.15) is 6.04 Å². The Balaban J connectivity index is 1.90. The summed E-state index contributed by atoms with van der Waals surface area (Å²) in [5.74, 6) is 0.121. The van der Waals surface area contributed by atoms with Crippen LogP contribution >= 0.6 is 11.8 Å². The predicted molar refractivity (Wildman–Crippen MR) is 141 cm³/mol. The third kappa shape index (κ3) is 7.77. The van der Waals surface area contributed by atoms with Gasteiger partial charge in [-0.25, -0.2) is 0 Å². The van der Waals surface area contributed by atoms with Crippen LogP contribution in [0.2, 0.25) is 0 Å². The van der Waals surface area contributed by atoms with Gasteiger partial charge in [-0.2, -0.15) is 0 Å². The van der Waals surface area contributed by atoms with Gasteiger partial charge in [-0.05, 0) is 43.5 Å². The Morgan fingerprint density at radius 1 is 0.882 bits per heavy atom. The molecule has 0 heterocycles. The minimum absolute atomic E-state index is 0.0424. The SMILES string of the molecule is CCC(C)NC(=O)C(Cc1ccccc1)N(Cc1ccc(C)cc1)C(=O)CSc1ccccc1. The van der Waals surface area contributed by atoms with Gasteiger partial charge in [0.2, 0.25) is 11.8 Å². The van der Waals surface area contributed by atoms with Crippen LogP contribution in [0.3, 0.4) is 0 Å². The zero-order chi connectivity index (χ0) is 24.3. The van der Waals surface area contributed by atoms with E-state index in [0.717, 1.165) is 28.0 Å². The fraction of sp³-hybridized carbons (Fsp3) is 0.310. The van der Waals surface area contributed by atoms with Gasteiger partial charge in [-0.1, -0.05) is 85.3 Å². The van der Waals surface area contributed by atoms with E-state index in [9.17, 15) is 9.59 Å². The zero-order valence-corrected chi connectivity index (χ0v) is 21.1. The molecule has 2 amide bonds. The molecule has 4 nitrogen and oxygen atoms in total. The van der Waals surface area contributed by atoms with Gasteiger partial charge in [0.25, 0.3) is 0 Å². The summed E-state index contributed by atoms with van der Waals surface area (Å²) >= 11 is 1.50. The highest BCUT2D eigenvalue weighted by atomic mass is 32.2. The molecule has 178 valence electrons. The topological polar surface area (TPSA) is 49.4 Å². The number of carbonyl (C=O) groups excluding carboxylic acids is 2. The molecule has 0 aliphatic heterocycles. The van der Waals surface area contributed by atoms with Crippen LogP contribution in [0.4, 0.5) is 0 Å². The lowest BCUT2D eigenvalue weighted by Gasteiger charge is -2.32. The van der Waals surface area contributed by atoms with E-state index < -0.39 is 6.04 Å². The predicted octanol–water partition coefficient (Wildman–Crippen LogP) is 5.64.